The molecule has 0 spiro atoms. The van der Waals surface area contributed by atoms with Gasteiger partial charge in [-0.05, 0) is 39.2 Å². The second-order valence-electron chi connectivity index (χ2n) is 6.30. The molecular weight excluding hydrogens is 264 g/mol. The average Bonchev–Trinajstić information content (AvgIpc) is 2.99. The van der Waals surface area contributed by atoms with Crippen LogP contribution in [0.2, 0.25) is 0 Å². The van der Waals surface area contributed by atoms with Crippen LogP contribution >= 0.6 is 0 Å². The number of aromatic nitrogens is 3. The largest absolute Gasteiger partial charge is 0.375 e. The number of rotatable bonds is 7. The minimum atomic E-state index is 0.259. The molecule has 120 valence electrons. The normalized spacial score (nSPS) is 30.7. The topological polar surface area (TPSA) is 52.0 Å². The smallest absolute Gasteiger partial charge is 0.0760 e. The maximum atomic E-state index is 6.05. The lowest BCUT2D eigenvalue weighted by Crippen LogP contribution is -2.36. The number of nitrogens with one attached hydrogen (secondary N) is 1. The summed E-state index contributed by atoms with van der Waals surface area (Å²) in [6.07, 6.45) is 4.68. The van der Waals surface area contributed by atoms with Crippen LogP contribution in [-0.4, -0.2) is 33.7 Å². The molecular formula is C16H30N4O. The molecule has 0 aliphatic carbocycles. The Morgan fingerprint density at radius 2 is 2.00 bits per heavy atom. The maximum Gasteiger partial charge on any atom is 0.0760 e. The summed E-state index contributed by atoms with van der Waals surface area (Å²) in [5.41, 5.74) is 1.20. The van der Waals surface area contributed by atoms with Gasteiger partial charge in [-0.1, -0.05) is 26.0 Å². The molecule has 0 saturated carbocycles. The first-order chi connectivity index (χ1) is 10.1. The third kappa shape index (κ3) is 3.46. The van der Waals surface area contributed by atoms with Gasteiger partial charge >= 0.3 is 0 Å². The van der Waals surface area contributed by atoms with Crippen LogP contribution < -0.4 is 5.32 Å². The molecule has 1 fully saturated rings. The van der Waals surface area contributed by atoms with Gasteiger partial charge in [0.05, 0.1) is 30.1 Å². The molecule has 5 nitrogen and oxygen atoms in total. The van der Waals surface area contributed by atoms with E-state index in [1.165, 1.54) is 5.69 Å². The molecule has 0 bridgehead atoms. The Hall–Kier alpha value is -0.940. The van der Waals surface area contributed by atoms with Crippen molar-refractivity contribution in [2.24, 2.45) is 11.8 Å². The molecule has 1 N–H and O–H groups in total. The molecule has 1 aliphatic heterocycles. The van der Waals surface area contributed by atoms with Crippen LogP contribution in [-0.2, 0) is 11.3 Å². The van der Waals surface area contributed by atoms with Crippen LogP contribution in [0.4, 0.5) is 0 Å². The quantitative estimate of drug-likeness (QED) is 0.840. The van der Waals surface area contributed by atoms with Crippen LogP contribution in [0, 0.1) is 11.8 Å². The van der Waals surface area contributed by atoms with Crippen molar-refractivity contribution in [1.82, 2.24) is 20.3 Å². The lowest BCUT2D eigenvalue weighted by Gasteiger charge is -2.30. The van der Waals surface area contributed by atoms with Gasteiger partial charge in [-0.15, -0.1) is 5.10 Å². The molecule has 0 amide bonds. The van der Waals surface area contributed by atoms with Gasteiger partial charge in [-0.25, -0.2) is 4.68 Å². The maximum absolute atomic E-state index is 6.05. The Morgan fingerprint density at radius 1 is 1.24 bits per heavy atom. The van der Waals surface area contributed by atoms with Gasteiger partial charge in [0, 0.05) is 12.5 Å². The number of nitrogens with zero attached hydrogens (tertiary/aromatic N) is 3. The molecule has 2 rings (SSSR count). The fourth-order valence-corrected chi connectivity index (χ4v) is 3.50. The molecule has 5 atom stereocenters. The number of aryl methyl sites for hydroxylation is 1. The Morgan fingerprint density at radius 3 is 2.57 bits per heavy atom. The number of hydrogen-bond donors (Lipinski definition) is 1. The van der Waals surface area contributed by atoms with Crippen molar-refractivity contribution >= 4 is 0 Å². The third-order valence-corrected chi connectivity index (χ3v) is 4.72. The highest BCUT2D eigenvalue weighted by atomic mass is 16.5. The van der Waals surface area contributed by atoms with Gasteiger partial charge in [-0.3, -0.25) is 0 Å². The number of hydrogen-bond acceptors (Lipinski definition) is 4. The van der Waals surface area contributed by atoms with Crippen LogP contribution in [0.5, 0.6) is 0 Å². The monoisotopic (exact) mass is 294 g/mol. The van der Waals surface area contributed by atoms with Crippen molar-refractivity contribution in [3.05, 3.63) is 11.9 Å². The van der Waals surface area contributed by atoms with E-state index in [0.717, 1.165) is 25.9 Å². The highest BCUT2D eigenvalue weighted by molar-refractivity contribution is 5.08. The summed E-state index contributed by atoms with van der Waals surface area (Å²) in [4.78, 5) is 0. The summed E-state index contributed by atoms with van der Waals surface area (Å²) >= 11 is 0. The van der Waals surface area contributed by atoms with Crippen molar-refractivity contribution in [2.45, 2.75) is 72.3 Å². The molecule has 2 heterocycles. The molecule has 5 unspecified atom stereocenters. The Labute approximate surface area is 128 Å². The summed E-state index contributed by atoms with van der Waals surface area (Å²) in [5, 5.41) is 12.1. The van der Waals surface area contributed by atoms with Crippen molar-refractivity contribution in [3.63, 3.8) is 0 Å². The zero-order valence-electron chi connectivity index (χ0n) is 14.0. The van der Waals surface area contributed by atoms with E-state index in [1.54, 1.807) is 0 Å². The third-order valence-electron chi connectivity index (χ3n) is 4.72. The zero-order chi connectivity index (χ0) is 15.4. The van der Waals surface area contributed by atoms with Crippen molar-refractivity contribution in [3.8, 4) is 0 Å². The lowest BCUT2D eigenvalue weighted by atomic mass is 9.82. The molecule has 1 aromatic rings. The van der Waals surface area contributed by atoms with Crippen LogP contribution in [0.25, 0.3) is 0 Å². The lowest BCUT2D eigenvalue weighted by molar-refractivity contribution is 0.0471. The minimum absolute atomic E-state index is 0.259. The number of ether oxygens (including phenoxy) is 1. The van der Waals surface area contributed by atoms with Crippen LogP contribution in [0.15, 0.2) is 6.20 Å². The minimum Gasteiger partial charge on any atom is -0.375 e. The second-order valence-corrected chi connectivity index (χ2v) is 6.30. The first kappa shape index (κ1) is 16.4. The second kappa shape index (κ2) is 7.36. The molecule has 1 saturated heterocycles. The summed E-state index contributed by atoms with van der Waals surface area (Å²) in [7, 11) is 0. The molecule has 0 aromatic carbocycles. The van der Waals surface area contributed by atoms with Gasteiger partial charge in [0.25, 0.3) is 0 Å². The van der Waals surface area contributed by atoms with E-state index in [-0.39, 0.29) is 12.1 Å². The highest BCUT2D eigenvalue weighted by Gasteiger charge is 2.43. The first-order valence-electron chi connectivity index (χ1n) is 8.37. The fraction of sp³-hybridized carbons (Fsp3) is 0.875. The molecule has 1 aromatic heterocycles. The standard InChI is InChI=1S/C16H30N4O/c1-6-8-17-16(14-10-18-19-20(14)9-7-2)15-11(3)12(4)21-13(15)5/h10-13,15-17H,6-9H2,1-5H3. The summed E-state index contributed by atoms with van der Waals surface area (Å²) in [5.74, 6) is 0.986. The SMILES string of the molecule is CCCNC(c1cnnn1CCC)C1C(C)OC(C)C1C. The summed E-state index contributed by atoms with van der Waals surface area (Å²) < 4.78 is 8.11. The average molecular weight is 294 g/mol. The summed E-state index contributed by atoms with van der Waals surface area (Å²) in [6.45, 7) is 13.0. The van der Waals surface area contributed by atoms with Gasteiger partial charge in [0.2, 0.25) is 0 Å². The summed E-state index contributed by atoms with van der Waals surface area (Å²) in [6, 6.07) is 0.265. The van der Waals surface area contributed by atoms with E-state index in [9.17, 15) is 0 Å². The molecule has 21 heavy (non-hydrogen) atoms. The van der Waals surface area contributed by atoms with Gasteiger partial charge < -0.3 is 10.1 Å². The van der Waals surface area contributed by atoms with E-state index < -0.39 is 0 Å². The van der Waals surface area contributed by atoms with E-state index in [0.29, 0.717) is 17.9 Å². The van der Waals surface area contributed by atoms with Gasteiger partial charge in [0.1, 0.15) is 0 Å². The Balaban J connectivity index is 2.27. The van der Waals surface area contributed by atoms with Crippen molar-refractivity contribution < 1.29 is 4.74 Å². The predicted octanol–water partition coefficient (Wildman–Crippen LogP) is 2.79. The van der Waals surface area contributed by atoms with E-state index >= 15 is 0 Å². The van der Waals surface area contributed by atoms with E-state index in [1.807, 2.05) is 6.20 Å². The van der Waals surface area contributed by atoms with E-state index in [2.05, 4.69) is 54.9 Å². The predicted molar refractivity (Wildman–Crippen MR) is 84.0 cm³/mol. The Bertz CT molecular complexity index is 434. The van der Waals surface area contributed by atoms with Crippen molar-refractivity contribution in [2.75, 3.05) is 6.54 Å². The zero-order valence-corrected chi connectivity index (χ0v) is 14.0. The van der Waals surface area contributed by atoms with Gasteiger partial charge in [0.15, 0.2) is 0 Å². The molecule has 1 aliphatic rings. The fourth-order valence-electron chi connectivity index (χ4n) is 3.50. The van der Waals surface area contributed by atoms with Crippen LogP contribution in [0.1, 0.15) is 59.2 Å². The van der Waals surface area contributed by atoms with Crippen molar-refractivity contribution in [1.29, 1.82) is 0 Å². The molecule has 0 radical (unpaired) electrons. The highest BCUT2D eigenvalue weighted by Crippen LogP contribution is 2.40. The molecule has 5 heteroatoms. The Kier molecular flexibility index (Phi) is 5.76. The van der Waals surface area contributed by atoms with E-state index in [4.69, 9.17) is 4.74 Å². The first-order valence-corrected chi connectivity index (χ1v) is 8.37. The van der Waals surface area contributed by atoms with Gasteiger partial charge in [-0.2, -0.15) is 0 Å². The van der Waals surface area contributed by atoms with Crippen LogP contribution in [0.3, 0.4) is 0 Å².